The van der Waals surface area contributed by atoms with Gasteiger partial charge in [0.25, 0.3) is 0 Å². The van der Waals surface area contributed by atoms with E-state index in [1.54, 1.807) is 12.4 Å². The Morgan fingerprint density at radius 2 is 2.35 bits per heavy atom. The number of nitrogen functional groups attached to an aromatic ring is 1. The Morgan fingerprint density at radius 1 is 1.53 bits per heavy atom. The van der Waals surface area contributed by atoms with Gasteiger partial charge in [-0.3, -0.25) is 9.88 Å². The van der Waals surface area contributed by atoms with Crippen molar-refractivity contribution in [3.05, 3.63) is 18.1 Å². The molecule has 4 N–H and O–H groups in total. The van der Waals surface area contributed by atoms with Gasteiger partial charge in [0.15, 0.2) is 5.82 Å². The summed E-state index contributed by atoms with van der Waals surface area (Å²) in [6.07, 6.45) is 4.01. The van der Waals surface area contributed by atoms with E-state index in [9.17, 15) is 5.11 Å². The molecule has 0 radical (unpaired) electrons. The second-order valence-corrected chi connectivity index (χ2v) is 4.61. The third-order valence-corrected chi connectivity index (χ3v) is 3.18. The Labute approximate surface area is 101 Å². The minimum absolute atomic E-state index is 0.166. The number of likely N-dealkylation sites (tertiary alicyclic amines) is 1. The third-order valence-electron chi connectivity index (χ3n) is 3.18. The van der Waals surface area contributed by atoms with Crippen LogP contribution in [0, 0.1) is 5.92 Å². The van der Waals surface area contributed by atoms with Gasteiger partial charge in [-0.1, -0.05) is 6.92 Å². The van der Waals surface area contributed by atoms with Crippen molar-refractivity contribution in [3.8, 4) is 0 Å². The van der Waals surface area contributed by atoms with E-state index in [1.807, 2.05) is 0 Å². The molecule has 0 bridgehead atoms. The highest BCUT2D eigenvalue weighted by Gasteiger charge is 2.24. The van der Waals surface area contributed by atoms with Gasteiger partial charge in [0, 0.05) is 19.6 Å². The lowest BCUT2D eigenvalue weighted by molar-refractivity contribution is 0.0315. The summed E-state index contributed by atoms with van der Waals surface area (Å²) in [5, 5.41) is 9.65. The highest BCUT2D eigenvalue weighted by atomic mass is 16.3. The Bertz CT molecular complexity index is 355. The number of nitrogens with one attached hydrogen (secondary N) is 1. The van der Waals surface area contributed by atoms with Crippen molar-refractivity contribution in [1.29, 1.82) is 0 Å². The summed E-state index contributed by atoms with van der Waals surface area (Å²) >= 11 is 0. The molecule has 17 heavy (non-hydrogen) atoms. The minimum Gasteiger partial charge on any atom is -0.393 e. The molecule has 2 rings (SSSR count). The van der Waals surface area contributed by atoms with E-state index in [-0.39, 0.29) is 6.10 Å². The molecule has 1 aliphatic rings. The first-order valence-corrected chi connectivity index (χ1v) is 5.87. The molecular weight excluding hydrogens is 218 g/mol. The van der Waals surface area contributed by atoms with Crippen LogP contribution in [0.5, 0.6) is 0 Å². The van der Waals surface area contributed by atoms with Gasteiger partial charge >= 0.3 is 0 Å². The van der Waals surface area contributed by atoms with Crippen LogP contribution >= 0.6 is 0 Å². The molecule has 1 saturated heterocycles. The van der Waals surface area contributed by atoms with Gasteiger partial charge in [-0.05, 0) is 12.3 Å². The zero-order chi connectivity index (χ0) is 12.3. The van der Waals surface area contributed by atoms with Crippen LogP contribution in [0.4, 0.5) is 5.82 Å². The molecule has 0 spiro atoms. The summed E-state index contributed by atoms with van der Waals surface area (Å²) in [5.41, 5.74) is 3.37. The average Bonchev–Trinajstić information content (AvgIpc) is 2.35. The number of hydrogen-bond acceptors (Lipinski definition) is 6. The number of aliphatic hydroxyl groups excluding tert-OH is 1. The smallest absolute Gasteiger partial charge is 0.158 e. The number of anilines is 1. The summed E-state index contributed by atoms with van der Waals surface area (Å²) in [6, 6.07) is 0. The second kappa shape index (κ2) is 5.39. The Hall–Kier alpha value is -1.24. The van der Waals surface area contributed by atoms with E-state index in [2.05, 4.69) is 27.2 Å². The predicted octanol–water partition coefficient (Wildman–Crippen LogP) is -0.0351. The van der Waals surface area contributed by atoms with Crippen LogP contribution in [0.3, 0.4) is 0 Å². The lowest BCUT2D eigenvalue weighted by Crippen LogP contribution is -2.41. The molecule has 6 heteroatoms. The molecule has 1 aliphatic heterocycles. The van der Waals surface area contributed by atoms with Gasteiger partial charge in [-0.2, -0.15) is 0 Å². The lowest BCUT2D eigenvalue weighted by atomic mass is 9.97. The van der Waals surface area contributed by atoms with Gasteiger partial charge in [0.2, 0.25) is 0 Å². The van der Waals surface area contributed by atoms with E-state index < -0.39 is 0 Å². The third kappa shape index (κ3) is 3.12. The van der Waals surface area contributed by atoms with Crippen molar-refractivity contribution in [1.82, 2.24) is 14.9 Å². The topological polar surface area (TPSA) is 87.3 Å². The van der Waals surface area contributed by atoms with Crippen molar-refractivity contribution in [2.24, 2.45) is 11.8 Å². The van der Waals surface area contributed by atoms with Crippen LogP contribution < -0.4 is 11.3 Å². The first-order valence-electron chi connectivity index (χ1n) is 5.87. The van der Waals surface area contributed by atoms with E-state index >= 15 is 0 Å². The fourth-order valence-electron chi connectivity index (χ4n) is 2.10. The lowest BCUT2D eigenvalue weighted by Gasteiger charge is -2.33. The molecule has 1 aromatic heterocycles. The van der Waals surface area contributed by atoms with Crippen LogP contribution in [0.1, 0.15) is 19.0 Å². The second-order valence-electron chi connectivity index (χ2n) is 4.61. The number of aliphatic hydroxyl groups is 1. The number of hydrazine groups is 1. The van der Waals surface area contributed by atoms with Crippen LogP contribution in [-0.2, 0) is 6.54 Å². The van der Waals surface area contributed by atoms with Gasteiger partial charge in [-0.15, -0.1) is 0 Å². The minimum atomic E-state index is -0.166. The number of piperidine rings is 1. The maximum absolute atomic E-state index is 9.65. The summed E-state index contributed by atoms with van der Waals surface area (Å²) in [5.74, 6) is 6.11. The molecular formula is C11H19N5O. The van der Waals surface area contributed by atoms with E-state index in [1.165, 1.54) is 0 Å². The number of rotatable bonds is 3. The van der Waals surface area contributed by atoms with Crippen molar-refractivity contribution < 1.29 is 5.11 Å². The first-order chi connectivity index (χ1) is 8.19. The Kier molecular flexibility index (Phi) is 3.88. The molecule has 1 aromatic rings. The fraction of sp³-hybridized carbons (Fsp3) is 0.636. The van der Waals surface area contributed by atoms with Crippen molar-refractivity contribution >= 4 is 5.82 Å². The molecule has 2 atom stereocenters. The SMILES string of the molecule is CC1CN(Cc2cnc(NN)cn2)CCC1O. The maximum Gasteiger partial charge on any atom is 0.158 e. The molecule has 0 saturated carbocycles. The van der Waals surface area contributed by atoms with Gasteiger partial charge in [0.05, 0.1) is 24.2 Å². The number of hydrogen-bond donors (Lipinski definition) is 3. The Morgan fingerprint density at radius 3 is 2.94 bits per heavy atom. The number of aromatic nitrogens is 2. The summed E-state index contributed by atoms with van der Waals surface area (Å²) in [6.45, 7) is 4.66. The van der Waals surface area contributed by atoms with E-state index in [4.69, 9.17) is 5.84 Å². The van der Waals surface area contributed by atoms with Crippen LogP contribution in [-0.4, -0.2) is 39.2 Å². The van der Waals surface area contributed by atoms with Crippen LogP contribution in [0.25, 0.3) is 0 Å². The maximum atomic E-state index is 9.65. The van der Waals surface area contributed by atoms with Gasteiger partial charge < -0.3 is 10.5 Å². The molecule has 2 unspecified atom stereocenters. The Balaban J connectivity index is 1.92. The average molecular weight is 237 g/mol. The standard InChI is InChI=1S/C11H19N5O/c1-8-6-16(3-2-10(8)17)7-9-4-14-11(15-12)5-13-9/h4-5,8,10,17H,2-3,6-7,12H2,1H3,(H,14,15). The molecule has 0 aromatic carbocycles. The van der Waals surface area contributed by atoms with Gasteiger partial charge in [-0.25, -0.2) is 10.8 Å². The highest BCUT2D eigenvalue weighted by Crippen LogP contribution is 2.17. The molecule has 1 fully saturated rings. The van der Waals surface area contributed by atoms with Crippen molar-refractivity contribution in [2.45, 2.75) is 26.0 Å². The number of nitrogens with zero attached hydrogens (tertiary/aromatic N) is 3. The predicted molar refractivity (Wildman–Crippen MR) is 64.9 cm³/mol. The zero-order valence-electron chi connectivity index (χ0n) is 10.0. The summed E-state index contributed by atoms with van der Waals surface area (Å²) in [4.78, 5) is 10.7. The van der Waals surface area contributed by atoms with E-state index in [0.29, 0.717) is 11.7 Å². The molecule has 6 nitrogen and oxygen atoms in total. The largest absolute Gasteiger partial charge is 0.393 e. The zero-order valence-corrected chi connectivity index (χ0v) is 10.0. The summed E-state index contributed by atoms with van der Waals surface area (Å²) < 4.78 is 0. The van der Waals surface area contributed by atoms with E-state index in [0.717, 1.165) is 31.7 Å². The first kappa shape index (κ1) is 12.2. The fourth-order valence-corrected chi connectivity index (χ4v) is 2.10. The molecule has 94 valence electrons. The van der Waals surface area contributed by atoms with Crippen molar-refractivity contribution in [2.75, 3.05) is 18.5 Å². The van der Waals surface area contributed by atoms with Gasteiger partial charge in [0.1, 0.15) is 0 Å². The number of nitrogens with two attached hydrogens (primary N) is 1. The quantitative estimate of drug-likeness (QED) is 0.505. The van der Waals surface area contributed by atoms with Crippen molar-refractivity contribution in [3.63, 3.8) is 0 Å². The monoisotopic (exact) mass is 237 g/mol. The summed E-state index contributed by atoms with van der Waals surface area (Å²) in [7, 11) is 0. The normalized spacial score (nSPS) is 25.8. The van der Waals surface area contributed by atoms with Crippen LogP contribution in [0.2, 0.25) is 0 Å². The molecule has 0 amide bonds. The molecule has 0 aliphatic carbocycles. The molecule has 2 heterocycles. The van der Waals surface area contributed by atoms with Crippen LogP contribution in [0.15, 0.2) is 12.4 Å². The highest BCUT2D eigenvalue weighted by molar-refractivity contribution is 5.28.